The highest BCUT2D eigenvalue weighted by Crippen LogP contribution is 2.35. The Hall–Kier alpha value is -1.19. The molecule has 0 aliphatic carbocycles. The molecule has 2 aromatic rings. The predicted molar refractivity (Wildman–Crippen MR) is 67.8 cm³/mol. The maximum atomic E-state index is 9.65. The molecule has 0 spiro atoms. The number of nitrogens with two attached hydrogens (primary N) is 1. The van der Waals surface area contributed by atoms with Gasteiger partial charge in [0.2, 0.25) is 0 Å². The number of anilines is 1. The first-order valence-corrected chi connectivity index (χ1v) is 5.14. The Morgan fingerprint density at radius 2 is 1.93 bits per heavy atom. The molecule has 80 valence electrons. The van der Waals surface area contributed by atoms with Crippen molar-refractivity contribution in [2.24, 2.45) is 0 Å². The van der Waals surface area contributed by atoms with Gasteiger partial charge in [0.25, 0.3) is 0 Å². The highest BCUT2D eigenvalue weighted by molar-refractivity contribution is 7.15. The van der Waals surface area contributed by atoms with E-state index in [1.165, 1.54) is 4.88 Å². The average molecular weight is 242 g/mol. The number of rotatable bonds is 1. The maximum absolute atomic E-state index is 9.65. The topological polar surface area (TPSA) is 46.2 Å². The lowest BCUT2D eigenvalue weighted by Gasteiger charge is -2.02. The van der Waals surface area contributed by atoms with Crippen molar-refractivity contribution in [3.63, 3.8) is 0 Å². The van der Waals surface area contributed by atoms with Crippen LogP contribution >= 0.6 is 23.7 Å². The molecule has 15 heavy (non-hydrogen) atoms. The molecular weight excluding hydrogens is 230 g/mol. The molecule has 0 saturated carbocycles. The van der Waals surface area contributed by atoms with Gasteiger partial charge in [0.15, 0.2) is 0 Å². The number of benzene rings is 1. The summed E-state index contributed by atoms with van der Waals surface area (Å²) in [5.74, 6) is 0.279. The van der Waals surface area contributed by atoms with Gasteiger partial charge in [0.1, 0.15) is 5.75 Å². The van der Waals surface area contributed by atoms with Gasteiger partial charge in [-0.25, -0.2) is 0 Å². The van der Waals surface area contributed by atoms with E-state index in [-0.39, 0.29) is 18.2 Å². The van der Waals surface area contributed by atoms with E-state index < -0.39 is 0 Å². The van der Waals surface area contributed by atoms with E-state index in [9.17, 15) is 5.11 Å². The summed E-state index contributed by atoms with van der Waals surface area (Å²) in [5, 5.41) is 9.65. The van der Waals surface area contributed by atoms with Crippen LogP contribution < -0.4 is 5.73 Å². The second kappa shape index (κ2) is 4.55. The van der Waals surface area contributed by atoms with Crippen molar-refractivity contribution in [3.8, 4) is 16.2 Å². The Labute approximate surface area is 98.8 Å². The summed E-state index contributed by atoms with van der Waals surface area (Å²) in [4.78, 5) is 2.27. The number of thiophene rings is 1. The fraction of sp³-hybridized carbons (Fsp3) is 0.0909. The highest BCUT2D eigenvalue weighted by atomic mass is 35.5. The summed E-state index contributed by atoms with van der Waals surface area (Å²) in [6.07, 6.45) is 0. The molecule has 1 heterocycles. The van der Waals surface area contributed by atoms with E-state index in [2.05, 4.69) is 0 Å². The van der Waals surface area contributed by atoms with Crippen molar-refractivity contribution >= 4 is 29.4 Å². The van der Waals surface area contributed by atoms with Crippen LogP contribution in [-0.4, -0.2) is 5.11 Å². The maximum Gasteiger partial charge on any atom is 0.124 e. The summed E-state index contributed by atoms with van der Waals surface area (Å²) >= 11 is 1.65. The lowest BCUT2D eigenvalue weighted by Crippen LogP contribution is -1.84. The molecule has 4 heteroatoms. The molecule has 0 aliphatic rings. The van der Waals surface area contributed by atoms with Crippen LogP contribution in [0.25, 0.3) is 10.4 Å². The van der Waals surface area contributed by atoms with Gasteiger partial charge in [-0.15, -0.1) is 23.7 Å². The van der Waals surface area contributed by atoms with Crippen LogP contribution in [0.5, 0.6) is 5.75 Å². The molecule has 0 atom stereocenters. The number of halogens is 1. The van der Waals surface area contributed by atoms with Crippen LogP contribution in [0.4, 0.5) is 5.69 Å². The molecule has 0 saturated heterocycles. The first-order valence-electron chi connectivity index (χ1n) is 4.32. The molecule has 0 radical (unpaired) electrons. The van der Waals surface area contributed by atoms with E-state index in [4.69, 9.17) is 5.73 Å². The average Bonchev–Trinajstić information content (AvgIpc) is 2.56. The Kier molecular flexibility index (Phi) is 3.61. The first kappa shape index (κ1) is 11.9. The molecule has 2 nitrogen and oxygen atoms in total. The molecule has 1 aromatic carbocycles. The number of phenolic OH excluding ortho intramolecular Hbond substituents is 1. The summed E-state index contributed by atoms with van der Waals surface area (Å²) in [6.45, 7) is 2.04. The molecule has 0 bridgehead atoms. The number of hydrogen-bond acceptors (Lipinski definition) is 3. The van der Waals surface area contributed by atoms with Crippen molar-refractivity contribution in [3.05, 3.63) is 35.2 Å². The fourth-order valence-electron chi connectivity index (χ4n) is 1.33. The third kappa shape index (κ3) is 2.43. The minimum absolute atomic E-state index is 0. The minimum atomic E-state index is 0. The second-order valence-corrected chi connectivity index (χ2v) is 4.47. The Bertz CT molecular complexity index is 467. The quantitative estimate of drug-likeness (QED) is 0.594. The lowest BCUT2D eigenvalue weighted by atomic mass is 10.1. The Morgan fingerprint density at radius 1 is 1.20 bits per heavy atom. The molecule has 0 aliphatic heterocycles. The van der Waals surface area contributed by atoms with Gasteiger partial charge in [-0.2, -0.15) is 0 Å². The zero-order chi connectivity index (χ0) is 10.1. The van der Waals surface area contributed by atoms with Gasteiger partial charge < -0.3 is 10.8 Å². The monoisotopic (exact) mass is 241 g/mol. The smallest absolute Gasteiger partial charge is 0.124 e. The van der Waals surface area contributed by atoms with Crippen molar-refractivity contribution in [2.45, 2.75) is 6.92 Å². The van der Waals surface area contributed by atoms with Gasteiger partial charge in [-0.1, -0.05) is 0 Å². The lowest BCUT2D eigenvalue weighted by molar-refractivity contribution is 0.477. The van der Waals surface area contributed by atoms with E-state index in [1.807, 2.05) is 19.1 Å². The van der Waals surface area contributed by atoms with Gasteiger partial charge in [-0.3, -0.25) is 0 Å². The predicted octanol–water partition coefficient (Wildman–Crippen LogP) is 3.43. The Balaban J connectivity index is 0.00000112. The van der Waals surface area contributed by atoms with Crippen LogP contribution in [-0.2, 0) is 0 Å². The van der Waals surface area contributed by atoms with Crippen LogP contribution in [0, 0.1) is 6.92 Å². The zero-order valence-electron chi connectivity index (χ0n) is 8.23. The summed E-state index contributed by atoms with van der Waals surface area (Å²) < 4.78 is 0. The van der Waals surface area contributed by atoms with Gasteiger partial charge in [0.05, 0.1) is 0 Å². The standard InChI is InChI=1S/C11H11NOS.ClH/c1-7-2-5-11(14-7)9-6-8(12)3-4-10(9)13;/h2-6,13H,12H2,1H3;1H. The number of hydrogen-bond donors (Lipinski definition) is 2. The molecule has 0 unspecified atom stereocenters. The Morgan fingerprint density at radius 3 is 2.53 bits per heavy atom. The van der Waals surface area contributed by atoms with E-state index in [0.717, 1.165) is 10.4 Å². The summed E-state index contributed by atoms with van der Waals surface area (Å²) in [7, 11) is 0. The van der Waals surface area contributed by atoms with Gasteiger partial charge in [0, 0.05) is 21.0 Å². The van der Waals surface area contributed by atoms with Crippen molar-refractivity contribution in [2.75, 3.05) is 5.73 Å². The number of phenols is 1. The molecule has 1 aromatic heterocycles. The van der Waals surface area contributed by atoms with E-state index in [0.29, 0.717) is 5.69 Å². The molecule has 0 fully saturated rings. The van der Waals surface area contributed by atoms with E-state index >= 15 is 0 Å². The number of aryl methyl sites for hydroxylation is 1. The largest absolute Gasteiger partial charge is 0.507 e. The van der Waals surface area contributed by atoms with Crippen molar-refractivity contribution in [1.29, 1.82) is 0 Å². The van der Waals surface area contributed by atoms with Gasteiger partial charge in [-0.05, 0) is 37.3 Å². The molecule has 0 amide bonds. The van der Waals surface area contributed by atoms with Crippen molar-refractivity contribution < 1.29 is 5.11 Å². The van der Waals surface area contributed by atoms with Crippen LogP contribution in [0.3, 0.4) is 0 Å². The molecule has 2 rings (SSSR count). The van der Waals surface area contributed by atoms with Gasteiger partial charge >= 0.3 is 0 Å². The minimum Gasteiger partial charge on any atom is -0.507 e. The third-order valence-corrected chi connectivity index (χ3v) is 3.06. The zero-order valence-corrected chi connectivity index (χ0v) is 9.86. The third-order valence-electron chi connectivity index (χ3n) is 2.03. The molecular formula is C11H12ClNOS. The highest BCUT2D eigenvalue weighted by Gasteiger charge is 2.06. The van der Waals surface area contributed by atoms with Crippen LogP contribution in [0.2, 0.25) is 0 Å². The summed E-state index contributed by atoms with van der Waals surface area (Å²) in [5.41, 5.74) is 7.14. The van der Waals surface area contributed by atoms with Crippen molar-refractivity contribution in [1.82, 2.24) is 0 Å². The first-order chi connectivity index (χ1) is 6.66. The summed E-state index contributed by atoms with van der Waals surface area (Å²) in [6, 6.07) is 9.14. The number of nitrogen functional groups attached to an aromatic ring is 1. The normalized spacial score (nSPS) is 9.67. The SMILES string of the molecule is Cc1ccc(-c2cc(N)ccc2O)s1.Cl. The number of aromatic hydroxyl groups is 1. The van der Waals surface area contributed by atoms with Crippen LogP contribution in [0.1, 0.15) is 4.88 Å². The molecule has 3 N–H and O–H groups in total. The van der Waals surface area contributed by atoms with E-state index in [1.54, 1.807) is 29.5 Å². The second-order valence-electron chi connectivity index (χ2n) is 3.19. The van der Waals surface area contributed by atoms with Crippen LogP contribution in [0.15, 0.2) is 30.3 Å². The fourth-order valence-corrected chi connectivity index (χ4v) is 2.22.